The number of hydrogen-bond donors (Lipinski definition) is 1. The molecule has 0 amide bonds. The Labute approximate surface area is 99.0 Å². The number of halogens is 7. The summed E-state index contributed by atoms with van der Waals surface area (Å²) in [6.45, 7) is 0. The van der Waals surface area contributed by atoms with Gasteiger partial charge in [-0.05, 0) is 6.07 Å². The highest BCUT2D eigenvalue weighted by atomic mass is 35.5. The maximum Gasteiger partial charge on any atom is 0.419 e. The summed E-state index contributed by atoms with van der Waals surface area (Å²) in [5, 5.41) is 0. The SMILES string of the molecule is Cl.N[C@H](c1cccc(C(F)(F)F)c1F)C(F)F. The fourth-order valence-electron chi connectivity index (χ4n) is 1.16. The summed E-state index contributed by atoms with van der Waals surface area (Å²) < 4.78 is 74.2. The number of hydrogen-bond acceptors (Lipinski definition) is 1. The average molecular weight is 280 g/mol. The fourth-order valence-corrected chi connectivity index (χ4v) is 1.16. The Morgan fingerprint density at radius 2 is 1.65 bits per heavy atom. The lowest BCUT2D eigenvalue weighted by Gasteiger charge is -2.15. The van der Waals surface area contributed by atoms with Gasteiger partial charge in [-0.2, -0.15) is 13.2 Å². The molecule has 0 bridgehead atoms. The third-order valence-electron chi connectivity index (χ3n) is 1.96. The van der Waals surface area contributed by atoms with Gasteiger partial charge in [-0.15, -0.1) is 12.4 Å². The van der Waals surface area contributed by atoms with Gasteiger partial charge < -0.3 is 5.73 Å². The van der Waals surface area contributed by atoms with Gasteiger partial charge in [-0.1, -0.05) is 12.1 Å². The quantitative estimate of drug-likeness (QED) is 0.824. The molecular formula is C9H8ClF6N. The van der Waals surface area contributed by atoms with Gasteiger partial charge in [0.2, 0.25) is 0 Å². The molecule has 17 heavy (non-hydrogen) atoms. The van der Waals surface area contributed by atoms with E-state index in [2.05, 4.69) is 0 Å². The molecule has 1 nitrogen and oxygen atoms in total. The fraction of sp³-hybridized carbons (Fsp3) is 0.333. The van der Waals surface area contributed by atoms with Crippen LogP contribution in [-0.4, -0.2) is 6.43 Å². The summed E-state index contributed by atoms with van der Waals surface area (Å²) >= 11 is 0. The van der Waals surface area contributed by atoms with Gasteiger partial charge in [-0.3, -0.25) is 0 Å². The lowest BCUT2D eigenvalue weighted by atomic mass is 10.0. The van der Waals surface area contributed by atoms with Crippen molar-refractivity contribution in [3.05, 3.63) is 35.1 Å². The highest BCUT2D eigenvalue weighted by Gasteiger charge is 2.36. The Morgan fingerprint density at radius 1 is 1.12 bits per heavy atom. The number of alkyl halides is 5. The van der Waals surface area contributed by atoms with E-state index >= 15 is 0 Å². The van der Waals surface area contributed by atoms with Crippen molar-refractivity contribution in [1.82, 2.24) is 0 Å². The molecule has 0 fully saturated rings. The molecule has 0 unspecified atom stereocenters. The molecule has 2 N–H and O–H groups in total. The molecule has 0 aromatic heterocycles. The van der Waals surface area contributed by atoms with Crippen LogP contribution in [0.2, 0.25) is 0 Å². The Hall–Kier alpha value is -0.950. The van der Waals surface area contributed by atoms with Gasteiger partial charge in [0.15, 0.2) is 0 Å². The summed E-state index contributed by atoms with van der Waals surface area (Å²) in [6.07, 6.45) is -8.06. The van der Waals surface area contributed by atoms with Crippen molar-refractivity contribution in [2.45, 2.75) is 18.6 Å². The molecule has 0 heterocycles. The molecule has 1 atom stereocenters. The third kappa shape index (κ3) is 3.50. The Balaban J connectivity index is 0.00000256. The summed E-state index contributed by atoms with van der Waals surface area (Å²) in [5.41, 5.74) is 2.45. The zero-order valence-electron chi connectivity index (χ0n) is 8.14. The van der Waals surface area contributed by atoms with Crippen molar-refractivity contribution in [3.63, 3.8) is 0 Å². The van der Waals surface area contributed by atoms with Crippen LogP contribution >= 0.6 is 12.4 Å². The van der Waals surface area contributed by atoms with Crippen LogP contribution in [0.3, 0.4) is 0 Å². The molecule has 98 valence electrons. The van der Waals surface area contributed by atoms with Gasteiger partial charge in [0.25, 0.3) is 6.43 Å². The van der Waals surface area contributed by atoms with Gasteiger partial charge in [0.05, 0.1) is 11.6 Å². The minimum absolute atomic E-state index is 0. The maximum atomic E-state index is 13.2. The first-order chi connectivity index (χ1) is 7.25. The molecule has 0 aliphatic carbocycles. The summed E-state index contributed by atoms with van der Waals surface area (Å²) in [5.74, 6) is -1.75. The summed E-state index contributed by atoms with van der Waals surface area (Å²) in [4.78, 5) is 0. The van der Waals surface area contributed by atoms with Gasteiger partial charge in [0, 0.05) is 5.56 Å². The molecule has 0 saturated carbocycles. The second-order valence-corrected chi connectivity index (χ2v) is 3.07. The van der Waals surface area contributed by atoms with E-state index in [0.717, 1.165) is 12.1 Å². The number of benzene rings is 1. The predicted molar refractivity (Wildman–Crippen MR) is 51.6 cm³/mol. The average Bonchev–Trinajstić information content (AvgIpc) is 2.15. The molecular weight excluding hydrogens is 272 g/mol. The minimum Gasteiger partial charge on any atom is -0.319 e. The van der Waals surface area contributed by atoms with Crippen LogP contribution < -0.4 is 5.73 Å². The topological polar surface area (TPSA) is 26.0 Å². The van der Waals surface area contributed by atoms with Crippen molar-refractivity contribution in [2.75, 3.05) is 0 Å². The lowest BCUT2D eigenvalue weighted by Crippen LogP contribution is -2.22. The van der Waals surface area contributed by atoms with Crippen molar-refractivity contribution in [1.29, 1.82) is 0 Å². The van der Waals surface area contributed by atoms with Crippen LogP contribution in [0.4, 0.5) is 26.3 Å². The molecule has 0 aliphatic heterocycles. The standard InChI is InChI=1S/C9H7F6N.ClH/c10-6-4(7(16)8(11)12)2-1-3-5(6)9(13,14)15;/h1-3,7-8H,16H2;1H/t7-;/m1./s1. The van der Waals surface area contributed by atoms with Crippen molar-refractivity contribution < 1.29 is 26.3 Å². The van der Waals surface area contributed by atoms with E-state index in [9.17, 15) is 26.3 Å². The molecule has 0 radical (unpaired) electrons. The molecule has 1 aromatic carbocycles. The minimum atomic E-state index is -4.93. The Bertz CT molecular complexity index is 378. The third-order valence-corrected chi connectivity index (χ3v) is 1.96. The van der Waals surface area contributed by atoms with Gasteiger partial charge in [0.1, 0.15) is 5.82 Å². The first-order valence-corrected chi connectivity index (χ1v) is 4.14. The zero-order valence-corrected chi connectivity index (χ0v) is 8.96. The van der Waals surface area contributed by atoms with E-state index in [1.54, 1.807) is 0 Å². The summed E-state index contributed by atoms with van der Waals surface area (Å²) in [7, 11) is 0. The second kappa shape index (κ2) is 5.59. The second-order valence-electron chi connectivity index (χ2n) is 3.07. The normalized spacial score (nSPS) is 13.4. The predicted octanol–water partition coefficient (Wildman–Crippen LogP) is 3.53. The maximum absolute atomic E-state index is 13.2. The highest BCUT2D eigenvalue weighted by molar-refractivity contribution is 5.85. The highest BCUT2D eigenvalue weighted by Crippen LogP contribution is 2.34. The van der Waals surface area contributed by atoms with E-state index in [1.165, 1.54) is 0 Å². The molecule has 0 saturated heterocycles. The van der Waals surface area contributed by atoms with Gasteiger partial charge in [-0.25, -0.2) is 13.2 Å². The van der Waals surface area contributed by atoms with E-state index in [4.69, 9.17) is 5.73 Å². The molecule has 1 rings (SSSR count). The van der Waals surface area contributed by atoms with E-state index in [1.807, 2.05) is 0 Å². The lowest BCUT2D eigenvalue weighted by molar-refractivity contribution is -0.140. The van der Waals surface area contributed by atoms with E-state index < -0.39 is 35.6 Å². The van der Waals surface area contributed by atoms with Crippen LogP contribution in [0.1, 0.15) is 17.2 Å². The van der Waals surface area contributed by atoms with E-state index in [-0.39, 0.29) is 12.4 Å². The van der Waals surface area contributed by atoms with Crippen molar-refractivity contribution >= 4 is 12.4 Å². The molecule has 0 spiro atoms. The van der Waals surface area contributed by atoms with Crippen LogP contribution in [0.25, 0.3) is 0 Å². The monoisotopic (exact) mass is 279 g/mol. The van der Waals surface area contributed by atoms with E-state index in [0.29, 0.717) is 6.07 Å². The molecule has 8 heteroatoms. The first-order valence-electron chi connectivity index (χ1n) is 4.14. The van der Waals surface area contributed by atoms with Gasteiger partial charge >= 0.3 is 6.18 Å². The molecule has 1 aromatic rings. The largest absolute Gasteiger partial charge is 0.419 e. The van der Waals surface area contributed by atoms with Crippen LogP contribution in [0.15, 0.2) is 18.2 Å². The zero-order chi connectivity index (χ0) is 12.5. The Morgan fingerprint density at radius 3 is 2.06 bits per heavy atom. The van der Waals surface area contributed by atoms with Crippen LogP contribution in [0, 0.1) is 5.82 Å². The Kier molecular flexibility index (Phi) is 5.28. The number of rotatable bonds is 2. The number of nitrogens with two attached hydrogens (primary N) is 1. The summed E-state index contributed by atoms with van der Waals surface area (Å²) in [6, 6.07) is 0.0457. The van der Waals surface area contributed by atoms with Crippen LogP contribution in [0.5, 0.6) is 0 Å². The van der Waals surface area contributed by atoms with Crippen LogP contribution in [-0.2, 0) is 6.18 Å². The van der Waals surface area contributed by atoms with Crippen molar-refractivity contribution in [2.24, 2.45) is 5.73 Å². The first kappa shape index (κ1) is 16.1. The molecule has 0 aliphatic rings. The smallest absolute Gasteiger partial charge is 0.319 e. The van der Waals surface area contributed by atoms with Crippen molar-refractivity contribution in [3.8, 4) is 0 Å².